The van der Waals surface area contributed by atoms with Crippen LogP contribution >= 0.6 is 0 Å². The number of carbonyl (C=O) groups excluding carboxylic acids is 2. The number of nitrogens with one attached hydrogen (secondary N) is 1. The molecule has 1 aromatic heterocycles. The van der Waals surface area contributed by atoms with E-state index in [0.29, 0.717) is 28.6 Å². The molecule has 0 aliphatic heterocycles. The van der Waals surface area contributed by atoms with Gasteiger partial charge in [-0.15, -0.1) is 0 Å². The predicted molar refractivity (Wildman–Crippen MR) is 106 cm³/mol. The second kappa shape index (κ2) is 7.47. The normalized spacial score (nSPS) is 11.4. The first-order valence-electron chi connectivity index (χ1n) is 8.88. The predicted octanol–water partition coefficient (Wildman–Crippen LogP) is 5.11. The standard InChI is InChI=1S/C22H14F3N3O2/c23-22(24,25)16-6-4-5-15(12-16)20(30)27-21-26-18-11-14(13-29)9-10-19(18)28(21)17-7-2-1-3-8-17/h1-13H,(H,26,27,30). The molecule has 4 rings (SSSR count). The Hall–Kier alpha value is -3.94. The molecule has 0 radical (unpaired) electrons. The van der Waals surface area contributed by atoms with Crippen LogP contribution < -0.4 is 5.32 Å². The molecule has 1 amide bonds. The molecule has 0 aliphatic rings. The molecule has 8 heteroatoms. The van der Waals surface area contributed by atoms with E-state index in [1.54, 1.807) is 47.0 Å². The van der Waals surface area contributed by atoms with Crippen molar-refractivity contribution in [3.05, 3.63) is 89.5 Å². The summed E-state index contributed by atoms with van der Waals surface area (Å²) in [6, 6.07) is 18.1. The first-order chi connectivity index (χ1) is 14.4. The zero-order valence-electron chi connectivity index (χ0n) is 15.4. The van der Waals surface area contributed by atoms with Crippen molar-refractivity contribution in [3.63, 3.8) is 0 Å². The van der Waals surface area contributed by atoms with Crippen LogP contribution in [0.2, 0.25) is 0 Å². The van der Waals surface area contributed by atoms with Crippen LogP contribution in [-0.4, -0.2) is 21.7 Å². The molecule has 5 nitrogen and oxygen atoms in total. The zero-order chi connectivity index (χ0) is 21.3. The van der Waals surface area contributed by atoms with E-state index in [0.717, 1.165) is 12.1 Å². The van der Waals surface area contributed by atoms with Crippen molar-refractivity contribution in [3.8, 4) is 5.69 Å². The minimum atomic E-state index is -4.56. The monoisotopic (exact) mass is 409 g/mol. The van der Waals surface area contributed by atoms with Gasteiger partial charge < -0.3 is 0 Å². The first kappa shape index (κ1) is 19.4. The number of hydrogen-bond donors (Lipinski definition) is 1. The zero-order valence-corrected chi connectivity index (χ0v) is 15.4. The number of rotatable bonds is 4. The smallest absolute Gasteiger partial charge is 0.298 e. The Kier molecular flexibility index (Phi) is 4.83. The SMILES string of the molecule is O=Cc1ccc2c(c1)nc(NC(=O)c1cccc(C(F)(F)F)c1)n2-c1ccccc1. The number of hydrogen-bond acceptors (Lipinski definition) is 3. The molecule has 4 aromatic rings. The van der Waals surface area contributed by atoms with E-state index in [-0.39, 0.29) is 11.5 Å². The summed E-state index contributed by atoms with van der Waals surface area (Å²) >= 11 is 0. The van der Waals surface area contributed by atoms with Crippen molar-refractivity contribution in [2.75, 3.05) is 5.32 Å². The van der Waals surface area contributed by atoms with Gasteiger partial charge in [0.2, 0.25) is 5.95 Å². The third-order valence-corrected chi connectivity index (χ3v) is 4.51. The van der Waals surface area contributed by atoms with E-state index in [1.165, 1.54) is 12.1 Å². The Balaban J connectivity index is 1.79. The number of alkyl halides is 3. The van der Waals surface area contributed by atoms with Gasteiger partial charge in [0.15, 0.2) is 0 Å². The van der Waals surface area contributed by atoms with Crippen LogP contribution in [0.3, 0.4) is 0 Å². The second-order valence-corrected chi connectivity index (χ2v) is 6.51. The van der Waals surface area contributed by atoms with Gasteiger partial charge in [-0.3, -0.25) is 19.5 Å². The molecule has 30 heavy (non-hydrogen) atoms. The Morgan fingerprint density at radius 1 is 0.967 bits per heavy atom. The van der Waals surface area contributed by atoms with Gasteiger partial charge in [-0.2, -0.15) is 13.2 Å². The average molecular weight is 409 g/mol. The lowest BCUT2D eigenvalue weighted by atomic mass is 10.1. The average Bonchev–Trinajstić information content (AvgIpc) is 3.10. The van der Waals surface area contributed by atoms with E-state index in [4.69, 9.17) is 0 Å². The van der Waals surface area contributed by atoms with Crippen LogP contribution in [0.5, 0.6) is 0 Å². The molecular formula is C22H14F3N3O2. The number of benzene rings is 3. The molecule has 0 spiro atoms. The van der Waals surface area contributed by atoms with Crippen molar-refractivity contribution < 1.29 is 22.8 Å². The largest absolute Gasteiger partial charge is 0.416 e. The van der Waals surface area contributed by atoms with Crippen molar-refractivity contribution in [2.45, 2.75) is 6.18 Å². The number of nitrogens with zero attached hydrogens (tertiary/aromatic N) is 2. The quantitative estimate of drug-likeness (QED) is 0.477. The minimum Gasteiger partial charge on any atom is -0.298 e. The first-order valence-corrected chi connectivity index (χ1v) is 8.88. The number of aldehydes is 1. The summed E-state index contributed by atoms with van der Waals surface area (Å²) in [6.07, 6.45) is -3.87. The summed E-state index contributed by atoms with van der Waals surface area (Å²) in [5, 5.41) is 2.59. The molecule has 0 saturated carbocycles. The number of para-hydroxylation sites is 1. The van der Waals surface area contributed by atoms with E-state index in [1.807, 2.05) is 6.07 Å². The fourth-order valence-corrected chi connectivity index (χ4v) is 3.10. The van der Waals surface area contributed by atoms with Crippen molar-refractivity contribution in [1.29, 1.82) is 0 Å². The van der Waals surface area contributed by atoms with Gasteiger partial charge in [0, 0.05) is 16.8 Å². The number of amides is 1. The maximum atomic E-state index is 13.0. The van der Waals surface area contributed by atoms with Crippen LogP contribution in [-0.2, 0) is 6.18 Å². The molecule has 0 fully saturated rings. The van der Waals surface area contributed by atoms with E-state index in [9.17, 15) is 22.8 Å². The summed E-state index contributed by atoms with van der Waals surface area (Å²) in [6.45, 7) is 0. The van der Waals surface area contributed by atoms with E-state index >= 15 is 0 Å². The minimum absolute atomic E-state index is 0.127. The Bertz CT molecular complexity index is 1250. The lowest BCUT2D eigenvalue weighted by Crippen LogP contribution is -2.16. The fourth-order valence-electron chi connectivity index (χ4n) is 3.10. The van der Waals surface area contributed by atoms with E-state index in [2.05, 4.69) is 10.3 Å². The van der Waals surface area contributed by atoms with Gasteiger partial charge >= 0.3 is 6.18 Å². The molecular weight excluding hydrogens is 395 g/mol. The van der Waals surface area contributed by atoms with Crippen LogP contribution in [0, 0.1) is 0 Å². The molecule has 0 bridgehead atoms. The van der Waals surface area contributed by atoms with Gasteiger partial charge in [-0.05, 0) is 48.5 Å². The maximum Gasteiger partial charge on any atom is 0.416 e. The molecule has 0 unspecified atom stereocenters. The highest BCUT2D eigenvalue weighted by Crippen LogP contribution is 2.30. The maximum absolute atomic E-state index is 13.0. The molecule has 1 heterocycles. The summed E-state index contributed by atoms with van der Waals surface area (Å²) in [7, 11) is 0. The van der Waals surface area contributed by atoms with Crippen molar-refractivity contribution >= 4 is 29.2 Å². The number of fused-ring (bicyclic) bond motifs is 1. The molecule has 150 valence electrons. The molecule has 0 saturated heterocycles. The summed E-state index contributed by atoms with van der Waals surface area (Å²) in [5.41, 5.74) is 1.13. The fraction of sp³-hybridized carbons (Fsp3) is 0.0455. The number of aromatic nitrogens is 2. The Labute approximate surface area is 168 Å². The van der Waals surface area contributed by atoms with Gasteiger partial charge in [-0.1, -0.05) is 24.3 Å². The highest BCUT2D eigenvalue weighted by molar-refractivity contribution is 6.04. The highest BCUT2D eigenvalue weighted by Gasteiger charge is 2.31. The number of imidazole rings is 1. The van der Waals surface area contributed by atoms with Crippen molar-refractivity contribution in [2.24, 2.45) is 0 Å². The number of anilines is 1. The topological polar surface area (TPSA) is 64.0 Å². The Morgan fingerprint density at radius 3 is 2.43 bits per heavy atom. The number of carbonyl (C=O) groups is 2. The van der Waals surface area contributed by atoms with Gasteiger partial charge in [0.05, 0.1) is 16.6 Å². The van der Waals surface area contributed by atoms with Gasteiger partial charge in [0.1, 0.15) is 6.29 Å². The van der Waals surface area contributed by atoms with Gasteiger partial charge in [-0.25, -0.2) is 4.98 Å². The third kappa shape index (κ3) is 3.67. The summed E-state index contributed by atoms with van der Waals surface area (Å²) < 4.78 is 40.6. The van der Waals surface area contributed by atoms with Crippen molar-refractivity contribution in [1.82, 2.24) is 9.55 Å². The summed E-state index contributed by atoms with van der Waals surface area (Å²) in [4.78, 5) is 28.2. The lowest BCUT2D eigenvalue weighted by Gasteiger charge is -2.11. The van der Waals surface area contributed by atoms with Crippen LogP contribution in [0.1, 0.15) is 26.3 Å². The summed E-state index contributed by atoms with van der Waals surface area (Å²) in [5.74, 6) is -0.606. The highest BCUT2D eigenvalue weighted by atomic mass is 19.4. The van der Waals surface area contributed by atoms with Crippen LogP contribution in [0.25, 0.3) is 16.7 Å². The van der Waals surface area contributed by atoms with Crippen LogP contribution in [0.15, 0.2) is 72.8 Å². The third-order valence-electron chi connectivity index (χ3n) is 4.51. The van der Waals surface area contributed by atoms with Crippen LogP contribution in [0.4, 0.5) is 19.1 Å². The van der Waals surface area contributed by atoms with E-state index < -0.39 is 17.6 Å². The second-order valence-electron chi connectivity index (χ2n) is 6.51. The molecule has 0 atom stereocenters. The molecule has 0 aliphatic carbocycles. The number of halogens is 3. The molecule has 1 N–H and O–H groups in total. The lowest BCUT2D eigenvalue weighted by molar-refractivity contribution is -0.137. The molecule has 3 aromatic carbocycles. The Morgan fingerprint density at radius 2 is 1.73 bits per heavy atom. The van der Waals surface area contributed by atoms with Gasteiger partial charge in [0.25, 0.3) is 5.91 Å².